The molecule has 1 aliphatic heterocycles. The lowest BCUT2D eigenvalue weighted by molar-refractivity contribution is -0.137. The van der Waals surface area contributed by atoms with Crippen LogP contribution in [0.5, 0.6) is 0 Å². The highest BCUT2D eigenvalue weighted by atomic mass is 19.4. The second-order valence-electron chi connectivity index (χ2n) is 10.2. The minimum atomic E-state index is -4.46. The number of anilines is 1. The van der Waals surface area contributed by atoms with Gasteiger partial charge in [-0.15, -0.1) is 0 Å². The standard InChI is InChI=1S/C26H35F3N4O/c1-25(2,3)23(31-24(34)30-21-12-8-11-20(15-21)26(27,28)29)18-32(4)22-13-14-33(17-22)16-19-9-6-5-7-10-19/h5-12,15,22-23H,13-14,16-18H2,1-4H3,(H2,30,31,34)/t22-,23+/m0/s1. The Morgan fingerprint density at radius 1 is 1.12 bits per heavy atom. The van der Waals surface area contributed by atoms with E-state index in [2.05, 4.69) is 51.7 Å². The Morgan fingerprint density at radius 3 is 2.47 bits per heavy atom. The van der Waals surface area contributed by atoms with Gasteiger partial charge < -0.3 is 15.5 Å². The van der Waals surface area contributed by atoms with Crippen LogP contribution in [-0.2, 0) is 12.7 Å². The topological polar surface area (TPSA) is 47.6 Å². The van der Waals surface area contributed by atoms with E-state index in [1.807, 2.05) is 26.8 Å². The van der Waals surface area contributed by atoms with Crippen molar-refractivity contribution in [3.8, 4) is 0 Å². The van der Waals surface area contributed by atoms with Crippen LogP contribution < -0.4 is 10.6 Å². The largest absolute Gasteiger partial charge is 0.416 e. The number of likely N-dealkylation sites (N-methyl/N-ethyl adjacent to an activating group) is 1. The summed E-state index contributed by atoms with van der Waals surface area (Å²) in [5.74, 6) is 0. The number of likely N-dealkylation sites (tertiary alicyclic amines) is 1. The van der Waals surface area contributed by atoms with E-state index in [1.165, 1.54) is 17.7 Å². The average Bonchev–Trinajstić information content (AvgIpc) is 3.21. The van der Waals surface area contributed by atoms with Gasteiger partial charge in [0.2, 0.25) is 0 Å². The summed E-state index contributed by atoms with van der Waals surface area (Å²) in [6.45, 7) is 9.69. The van der Waals surface area contributed by atoms with E-state index in [9.17, 15) is 18.0 Å². The molecule has 1 fully saturated rings. The molecule has 34 heavy (non-hydrogen) atoms. The van der Waals surface area contributed by atoms with Crippen LogP contribution in [0.15, 0.2) is 54.6 Å². The van der Waals surface area contributed by atoms with Gasteiger partial charge in [-0.3, -0.25) is 4.90 Å². The summed E-state index contributed by atoms with van der Waals surface area (Å²) in [4.78, 5) is 17.4. The smallest absolute Gasteiger partial charge is 0.333 e. The first-order valence-corrected chi connectivity index (χ1v) is 11.6. The second-order valence-corrected chi connectivity index (χ2v) is 10.2. The number of carbonyl (C=O) groups excluding carboxylic acids is 1. The molecule has 0 unspecified atom stereocenters. The molecule has 2 N–H and O–H groups in total. The van der Waals surface area contributed by atoms with Gasteiger partial charge in [-0.25, -0.2) is 4.79 Å². The molecule has 0 aromatic heterocycles. The van der Waals surface area contributed by atoms with Gasteiger partial charge in [0.05, 0.1) is 5.56 Å². The first-order chi connectivity index (χ1) is 15.9. The number of hydrogen-bond donors (Lipinski definition) is 2. The molecule has 1 heterocycles. The average molecular weight is 477 g/mol. The molecule has 8 heteroatoms. The third-order valence-electron chi connectivity index (χ3n) is 6.39. The molecule has 2 amide bonds. The Hall–Kier alpha value is -2.58. The molecule has 2 atom stereocenters. The lowest BCUT2D eigenvalue weighted by Crippen LogP contribution is -2.53. The molecule has 0 radical (unpaired) electrons. The number of hydrogen-bond acceptors (Lipinski definition) is 3. The fraction of sp³-hybridized carbons (Fsp3) is 0.500. The zero-order valence-electron chi connectivity index (χ0n) is 20.3. The number of halogens is 3. The van der Waals surface area contributed by atoms with Gasteiger partial charge in [-0.2, -0.15) is 13.2 Å². The molecule has 0 saturated carbocycles. The third-order valence-corrected chi connectivity index (χ3v) is 6.39. The summed E-state index contributed by atoms with van der Waals surface area (Å²) in [7, 11) is 2.07. The van der Waals surface area contributed by atoms with Crippen molar-refractivity contribution in [2.75, 3.05) is 32.0 Å². The number of alkyl halides is 3. The molecule has 1 aliphatic rings. The molecule has 5 nitrogen and oxygen atoms in total. The van der Waals surface area contributed by atoms with Crippen molar-refractivity contribution in [1.29, 1.82) is 0 Å². The predicted octanol–water partition coefficient (Wildman–Crippen LogP) is 5.45. The van der Waals surface area contributed by atoms with Gasteiger partial charge in [-0.1, -0.05) is 57.2 Å². The number of nitrogens with zero attached hydrogens (tertiary/aromatic N) is 2. The Morgan fingerprint density at radius 2 is 1.82 bits per heavy atom. The minimum Gasteiger partial charge on any atom is -0.333 e. The molecule has 0 aliphatic carbocycles. The monoisotopic (exact) mass is 476 g/mol. The highest BCUT2D eigenvalue weighted by Gasteiger charge is 2.33. The SMILES string of the molecule is CN(C[C@@H](NC(=O)Nc1cccc(C(F)(F)F)c1)C(C)(C)C)[C@H]1CCN(Cc2ccccc2)C1. The quantitative estimate of drug-likeness (QED) is 0.559. The van der Waals surface area contributed by atoms with E-state index in [0.29, 0.717) is 12.6 Å². The number of rotatable bonds is 7. The minimum absolute atomic E-state index is 0.112. The van der Waals surface area contributed by atoms with E-state index >= 15 is 0 Å². The molecule has 2 aromatic rings. The number of amides is 2. The molecular weight excluding hydrogens is 441 g/mol. The van der Waals surface area contributed by atoms with E-state index in [0.717, 1.165) is 38.2 Å². The van der Waals surface area contributed by atoms with Crippen LogP contribution in [-0.4, -0.2) is 54.6 Å². The summed E-state index contributed by atoms with van der Waals surface area (Å²) in [5, 5.41) is 5.54. The van der Waals surface area contributed by atoms with Crippen molar-refractivity contribution >= 4 is 11.7 Å². The van der Waals surface area contributed by atoms with Crippen molar-refractivity contribution in [2.24, 2.45) is 5.41 Å². The van der Waals surface area contributed by atoms with Crippen LogP contribution in [0.25, 0.3) is 0 Å². The summed E-state index contributed by atoms with van der Waals surface area (Å²) in [5.41, 5.74) is 0.382. The number of nitrogens with one attached hydrogen (secondary N) is 2. The van der Waals surface area contributed by atoms with Gasteiger partial charge in [0.25, 0.3) is 0 Å². The van der Waals surface area contributed by atoms with Crippen LogP contribution in [0, 0.1) is 5.41 Å². The number of benzene rings is 2. The number of urea groups is 1. The van der Waals surface area contributed by atoms with E-state index in [4.69, 9.17) is 0 Å². The Balaban J connectivity index is 1.57. The zero-order chi connectivity index (χ0) is 24.9. The molecule has 3 rings (SSSR count). The van der Waals surface area contributed by atoms with Gasteiger partial charge in [0.15, 0.2) is 0 Å². The summed E-state index contributed by atoms with van der Waals surface area (Å²) in [6, 6.07) is 14.8. The highest BCUT2D eigenvalue weighted by Crippen LogP contribution is 2.30. The lowest BCUT2D eigenvalue weighted by atomic mass is 9.86. The molecule has 1 saturated heterocycles. The maximum Gasteiger partial charge on any atom is 0.416 e. The van der Waals surface area contributed by atoms with Crippen LogP contribution in [0.4, 0.5) is 23.7 Å². The van der Waals surface area contributed by atoms with E-state index < -0.39 is 17.8 Å². The van der Waals surface area contributed by atoms with Gasteiger partial charge in [0, 0.05) is 44.0 Å². The summed E-state index contributed by atoms with van der Waals surface area (Å²) in [6.07, 6.45) is -3.41. The van der Waals surface area contributed by atoms with Crippen molar-refractivity contribution in [3.63, 3.8) is 0 Å². The summed E-state index contributed by atoms with van der Waals surface area (Å²) < 4.78 is 38.9. The number of carbonyl (C=O) groups is 1. The predicted molar refractivity (Wildman–Crippen MR) is 130 cm³/mol. The van der Waals surface area contributed by atoms with E-state index in [1.54, 1.807) is 0 Å². The third kappa shape index (κ3) is 7.46. The van der Waals surface area contributed by atoms with Crippen LogP contribution >= 0.6 is 0 Å². The van der Waals surface area contributed by atoms with Crippen molar-refractivity contribution in [2.45, 2.75) is 52.0 Å². The van der Waals surface area contributed by atoms with Gasteiger partial charge in [0.1, 0.15) is 0 Å². The van der Waals surface area contributed by atoms with E-state index in [-0.39, 0.29) is 17.1 Å². The Kier molecular flexibility index (Phi) is 8.25. The fourth-order valence-corrected chi connectivity index (χ4v) is 4.23. The Bertz CT molecular complexity index is 943. The highest BCUT2D eigenvalue weighted by molar-refractivity contribution is 5.89. The van der Waals surface area contributed by atoms with Crippen molar-refractivity contribution in [1.82, 2.24) is 15.1 Å². The zero-order valence-corrected chi connectivity index (χ0v) is 20.3. The Labute approximate surface area is 200 Å². The molecule has 2 aromatic carbocycles. The normalized spacial score (nSPS) is 18.2. The molecule has 186 valence electrons. The summed E-state index contributed by atoms with van der Waals surface area (Å²) >= 11 is 0. The lowest BCUT2D eigenvalue weighted by Gasteiger charge is -2.36. The van der Waals surface area contributed by atoms with Gasteiger partial charge >= 0.3 is 12.2 Å². The second kappa shape index (κ2) is 10.8. The van der Waals surface area contributed by atoms with Crippen molar-refractivity contribution in [3.05, 3.63) is 65.7 Å². The molecular formula is C26H35F3N4O. The first-order valence-electron chi connectivity index (χ1n) is 11.6. The fourth-order valence-electron chi connectivity index (χ4n) is 4.23. The molecule has 0 bridgehead atoms. The van der Waals surface area contributed by atoms with Crippen LogP contribution in [0.1, 0.15) is 38.3 Å². The van der Waals surface area contributed by atoms with Crippen LogP contribution in [0.3, 0.4) is 0 Å². The van der Waals surface area contributed by atoms with Crippen molar-refractivity contribution < 1.29 is 18.0 Å². The molecule has 0 spiro atoms. The first kappa shape index (κ1) is 26.0. The maximum absolute atomic E-state index is 13.0. The maximum atomic E-state index is 13.0. The van der Waals surface area contributed by atoms with Gasteiger partial charge in [-0.05, 0) is 42.6 Å². The van der Waals surface area contributed by atoms with Crippen LogP contribution in [0.2, 0.25) is 0 Å².